The van der Waals surface area contributed by atoms with Crippen molar-refractivity contribution in [2.45, 2.75) is 39.0 Å². The predicted octanol–water partition coefficient (Wildman–Crippen LogP) is 3.44. The van der Waals surface area contributed by atoms with Crippen LogP contribution in [0, 0.1) is 0 Å². The largest absolute Gasteiger partial charge is 0.494 e. The zero-order chi connectivity index (χ0) is 12.7. The Morgan fingerprint density at radius 3 is 2.76 bits per heavy atom. The van der Waals surface area contributed by atoms with Crippen LogP contribution >= 0.6 is 0 Å². The summed E-state index contributed by atoms with van der Waals surface area (Å²) in [6.07, 6.45) is 2.62. The second-order valence-electron chi connectivity index (χ2n) is 4.04. The molecule has 1 rings (SSSR count). The fourth-order valence-corrected chi connectivity index (χ4v) is 1.83. The average molecular weight is 236 g/mol. The summed E-state index contributed by atoms with van der Waals surface area (Å²) in [7, 11) is 0. The molecule has 3 nitrogen and oxygen atoms in total. The van der Waals surface area contributed by atoms with Crippen LogP contribution in [0.1, 0.15) is 44.6 Å². The monoisotopic (exact) mass is 236 g/mol. The molecule has 0 aliphatic rings. The number of hydrogen-bond donors (Lipinski definition) is 1. The lowest BCUT2D eigenvalue weighted by atomic mass is 9.93. The molecule has 0 aromatic heterocycles. The number of benzene rings is 1. The number of carbonyl (C=O) groups is 1. The molecule has 1 aromatic carbocycles. The van der Waals surface area contributed by atoms with Crippen molar-refractivity contribution in [1.82, 2.24) is 0 Å². The van der Waals surface area contributed by atoms with E-state index in [1.807, 2.05) is 31.2 Å². The molecule has 0 radical (unpaired) electrons. The molecular formula is C14H20O3. The van der Waals surface area contributed by atoms with Crippen LogP contribution in [-0.4, -0.2) is 17.7 Å². The lowest BCUT2D eigenvalue weighted by molar-refractivity contribution is -0.139. The lowest BCUT2D eigenvalue weighted by Crippen LogP contribution is -2.11. The van der Waals surface area contributed by atoms with Gasteiger partial charge in [0, 0.05) is 0 Å². The van der Waals surface area contributed by atoms with Crippen LogP contribution in [0.15, 0.2) is 24.3 Å². The highest BCUT2D eigenvalue weighted by Gasteiger charge is 2.19. The minimum absolute atomic E-state index is 0.421. The third kappa shape index (κ3) is 4.10. The van der Waals surface area contributed by atoms with E-state index in [-0.39, 0.29) is 0 Å². The molecule has 0 amide bonds. The maximum absolute atomic E-state index is 11.2. The van der Waals surface area contributed by atoms with Gasteiger partial charge in [0.05, 0.1) is 12.5 Å². The third-order valence-electron chi connectivity index (χ3n) is 2.72. The average Bonchev–Trinajstić information content (AvgIpc) is 2.30. The van der Waals surface area contributed by atoms with Gasteiger partial charge in [-0.1, -0.05) is 31.9 Å². The Morgan fingerprint density at radius 1 is 1.41 bits per heavy atom. The van der Waals surface area contributed by atoms with Crippen LogP contribution in [0.25, 0.3) is 0 Å². The highest BCUT2D eigenvalue weighted by atomic mass is 16.5. The number of aliphatic carboxylic acids is 1. The molecule has 0 saturated carbocycles. The molecule has 0 aliphatic carbocycles. The summed E-state index contributed by atoms with van der Waals surface area (Å²) >= 11 is 0. The first-order valence-corrected chi connectivity index (χ1v) is 6.14. The van der Waals surface area contributed by atoms with Crippen LogP contribution in [-0.2, 0) is 4.79 Å². The summed E-state index contributed by atoms with van der Waals surface area (Å²) in [6.45, 7) is 4.57. The van der Waals surface area contributed by atoms with Gasteiger partial charge in [-0.2, -0.15) is 0 Å². The number of hydrogen-bond acceptors (Lipinski definition) is 2. The van der Waals surface area contributed by atoms with Crippen molar-refractivity contribution in [2.24, 2.45) is 0 Å². The molecule has 0 heterocycles. The first-order chi connectivity index (χ1) is 8.19. The summed E-state index contributed by atoms with van der Waals surface area (Å²) in [5.41, 5.74) is 0.830. The number of ether oxygens (including phenoxy) is 1. The third-order valence-corrected chi connectivity index (χ3v) is 2.72. The van der Waals surface area contributed by atoms with Gasteiger partial charge >= 0.3 is 5.97 Å². The molecule has 0 saturated heterocycles. The van der Waals surface area contributed by atoms with Crippen molar-refractivity contribution in [3.8, 4) is 5.75 Å². The Morgan fingerprint density at radius 2 is 2.18 bits per heavy atom. The SMILES string of the molecule is CCCCC(C(=O)O)c1cccc(OCC)c1. The van der Waals surface area contributed by atoms with Gasteiger partial charge in [-0.25, -0.2) is 0 Å². The Balaban J connectivity index is 2.85. The lowest BCUT2D eigenvalue weighted by Gasteiger charge is -2.13. The standard InChI is InChI=1S/C14H20O3/c1-3-5-9-13(14(15)16)11-7-6-8-12(10-11)17-4-2/h6-8,10,13H,3-5,9H2,1-2H3,(H,15,16). The summed E-state index contributed by atoms with van der Waals surface area (Å²) in [5, 5.41) is 9.23. The topological polar surface area (TPSA) is 46.5 Å². The van der Waals surface area contributed by atoms with Crippen LogP contribution in [0.2, 0.25) is 0 Å². The van der Waals surface area contributed by atoms with Gasteiger partial charge in [-0.15, -0.1) is 0 Å². The van der Waals surface area contributed by atoms with Gasteiger partial charge in [-0.05, 0) is 31.0 Å². The first kappa shape index (κ1) is 13.6. The summed E-state index contributed by atoms with van der Waals surface area (Å²) < 4.78 is 5.39. The van der Waals surface area contributed by atoms with Gasteiger partial charge in [0.2, 0.25) is 0 Å². The molecule has 94 valence electrons. The smallest absolute Gasteiger partial charge is 0.310 e. The number of rotatable bonds is 7. The van der Waals surface area contributed by atoms with E-state index in [1.165, 1.54) is 0 Å². The zero-order valence-electron chi connectivity index (χ0n) is 10.5. The molecule has 17 heavy (non-hydrogen) atoms. The quantitative estimate of drug-likeness (QED) is 0.788. The van der Waals surface area contributed by atoms with E-state index >= 15 is 0 Å². The molecule has 0 fully saturated rings. The van der Waals surface area contributed by atoms with Gasteiger partial charge in [0.25, 0.3) is 0 Å². The van der Waals surface area contributed by atoms with Crippen LogP contribution in [0.4, 0.5) is 0 Å². The summed E-state index contributed by atoms with van der Waals surface area (Å²) in [4.78, 5) is 11.2. The highest BCUT2D eigenvalue weighted by molar-refractivity contribution is 5.76. The van der Waals surface area contributed by atoms with E-state index in [1.54, 1.807) is 0 Å². The molecule has 3 heteroatoms. The fraction of sp³-hybridized carbons (Fsp3) is 0.500. The molecule has 1 aromatic rings. The molecule has 0 spiro atoms. The van der Waals surface area contributed by atoms with E-state index in [4.69, 9.17) is 4.74 Å². The minimum Gasteiger partial charge on any atom is -0.494 e. The van der Waals surface area contributed by atoms with E-state index in [9.17, 15) is 9.90 Å². The van der Waals surface area contributed by atoms with E-state index in [0.29, 0.717) is 13.0 Å². The second kappa shape index (κ2) is 6.94. The Hall–Kier alpha value is -1.51. The van der Waals surface area contributed by atoms with Crippen molar-refractivity contribution in [3.63, 3.8) is 0 Å². The van der Waals surface area contributed by atoms with Crippen molar-refractivity contribution in [1.29, 1.82) is 0 Å². The van der Waals surface area contributed by atoms with E-state index in [2.05, 4.69) is 6.92 Å². The van der Waals surface area contributed by atoms with E-state index < -0.39 is 11.9 Å². The van der Waals surface area contributed by atoms with E-state index in [0.717, 1.165) is 24.2 Å². The van der Waals surface area contributed by atoms with Gasteiger partial charge < -0.3 is 9.84 Å². The molecule has 1 unspecified atom stereocenters. The normalized spacial score (nSPS) is 12.1. The van der Waals surface area contributed by atoms with Gasteiger partial charge in [-0.3, -0.25) is 4.79 Å². The maximum atomic E-state index is 11.2. The van der Waals surface area contributed by atoms with Crippen LogP contribution < -0.4 is 4.74 Å². The number of unbranched alkanes of at least 4 members (excludes halogenated alkanes) is 1. The molecular weight excluding hydrogens is 216 g/mol. The van der Waals surface area contributed by atoms with Crippen molar-refractivity contribution < 1.29 is 14.6 Å². The highest BCUT2D eigenvalue weighted by Crippen LogP contribution is 2.25. The minimum atomic E-state index is -0.757. The van der Waals surface area contributed by atoms with Crippen molar-refractivity contribution in [3.05, 3.63) is 29.8 Å². The summed E-state index contributed by atoms with van der Waals surface area (Å²) in [6, 6.07) is 7.39. The summed E-state index contributed by atoms with van der Waals surface area (Å²) in [5.74, 6) is -0.435. The van der Waals surface area contributed by atoms with Gasteiger partial charge in [0.15, 0.2) is 0 Å². The Labute approximate surface area is 102 Å². The molecule has 1 N–H and O–H groups in total. The van der Waals surface area contributed by atoms with Crippen molar-refractivity contribution in [2.75, 3.05) is 6.61 Å². The molecule has 0 aliphatic heterocycles. The van der Waals surface area contributed by atoms with Crippen LogP contribution in [0.3, 0.4) is 0 Å². The molecule has 0 bridgehead atoms. The predicted molar refractivity (Wildman–Crippen MR) is 67.5 cm³/mol. The van der Waals surface area contributed by atoms with Gasteiger partial charge in [0.1, 0.15) is 5.75 Å². The number of carboxylic acids is 1. The Kier molecular flexibility index (Phi) is 5.53. The first-order valence-electron chi connectivity index (χ1n) is 6.14. The molecule has 1 atom stereocenters. The maximum Gasteiger partial charge on any atom is 0.310 e. The fourth-order valence-electron chi connectivity index (χ4n) is 1.83. The van der Waals surface area contributed by atoms with Crippen molar-refractivity contribution >= 4 is 5.97 Å². The number of carboxylic acid groups (broad SMARTS) is 1. The zero-order valence-corrected chi connectivity index (χ0v) is 10.5. The Bertz CT molecular complexity index is 360. The van der Waals surface area contributed by atoms with Crippen LogP contribution in [0.5, 0.6) is 5.75 Å². The second-order valence-corrected chi connectivity index (χ2v) is 4.04.